The predicted octanol–water partition coefficient (Wildman–Crippen LogP) is 2.18. The summed E-state index contributed by atoms with van der Waals surface area (Å²) in [7, 11) is 1.81. The number of halogens is 1. The molecule has 3 rings (SSSR count). The average Bonchev–Trinajstić information content (AvgIpc) is 3.22. The number of nitrogens with one attached hydrogen (secondary N) is 2. The second kappa shape index (κ2) is 9.33. The molecule has 0 saturated carbocycles. The van der Waals surface area contributed by atoms with E-state index in [2.05, 4.69) is 20.5 Å². The summed E-state index contributed by atoms with van der Waals surface area (Å²) in [5.74, 6) is 0.639. The van der Waals surface area contributed by atoms with Crippen LogP contribution in [-0.2, 0) is 11.2 Å². The first-order chi connectivity index (χ1) is 12.7. The van der Waals surface area contributed by atoms with Gasteiger partial charge in [-0.2, -0.15) is 0 Å². The second-order valence-electron chi connectivity index (χ2n) is 7.26. The molecule has 0 spiro atoms. The lowest BCUT2D eigenvalue weighted by Crippen LogP contribution is -2.58. The standard InChI is InChI=1S/C20H31FN4O/c1-22-19(23-11-8-17-4-6-18(21)7-5-17)24-16-20(9-14-26-15-10-20)25-12-2-3-13-25/h4-7H,2-3,8-16H2,1H3,(H2,22,23,24). The van der Waals surface area contributed by atoms with Crippen LogP contribution in [0.3, 0.4) is 0 Å². The molecule has 0 amide bonds. The number of hydrogen-bond acceptors (Lipinski definition) is 3. The van der Waals surface area contributed by atoms with Crippen molar-refractivity contribution in [1.82, 2.24) is 15.5 Å². The predicted molar refractivity (Wildman–Crippen MR) is 103 cm³/mol. The van der Waals surface area contributed by atoms with Gasteiger partial charge in [0.05, 0.1) is 0 Å². The van der Waals surface area contributed by atoms with E-state index in [1.807, 2.05) is 12.1 Å². The number of guanidine groups is 1. The molecular formula is C20H31FN4O. The third kappa shape index (κ3) is 4.95. The first kappa shape index (κ1) is 19.1. The molecule has 5 nitrogen and oxygen atoms in total. The number of nitrogens with zero attached hydrogens (tertiary/aromatic N) is 2. The van der Waals surface area contributed by atoms with Crippen molar-refractivity contribution in [2.24, 2.45) is 4.99 Å². The molecule has 0 aromatic heterocycles. The summed E-state index contributed by atoms with van der Waals surface area (Å²) in [6, 6.07) is 6.68. The third-order valence-corrected chi connectivity index (χ3v) is 5.63. The molecule has 2 saturated heterocycles. The van der Waals surface area contributed by atoms with Crippen LogP contribution in [0.15, 0.2) is 29.3 Å². The van der Waals surface area contributed by atoms with Gasteiger partial charge in [0.15, 0.2) is 5.96 Å². The molecule has 2 fully saturated rings. The fraction of sp³-hybridized carbons (Fsp3) is 0.650. The smallest absolute Gasteiger partial charge is 0.191 e. The highest BCUT2D eigenvalue weighted by Gasteiger charge is 2.39. The molecule has 2 aliphatic heterocycles. The first-order valence-corrected chi connectivity index (χ1v) is 9.74. The van der Waals surface area contributed by atoms with Gasteiger partial charge in [-0.3, -0.25) is 9.89 Å². The fourth-order valence-corrected chi connectivity index (χ4v) is 3.99. The van der Waals surface area contributed by atoms with Crippen molar-refractivity contribution in [3.05, 3.63) is 35.6 Å². The van der Waals surface area contributed by atoms with Gasteiger partial charge < -0.3 is 15.4 Å². The Bertz CT molecular complexity index is 578. The molecule has 0 radical (unpaired) electrons. The van der Waals surface area contributed by atoms with Crippen molar-refractivity contribution in [2.75, 3.05) is 46.4 Å². The lowest BCUT2D eigenvalue weighted by atomic mass is 9.88. The number of ether oxygens (including phenoxy) is 1. The van der Waals surface area contributed by atoms with Crippen LogP contribution in [0.5, 0.6) is 0 Å². The maximum atomic E-state index is 13.0. The van der Waals surface area contributed by atoms with Crippen molar-refractivity contribution in [3.63, 3.8) is 0 Å². The number of rotatable bonds is 6. The van der Waals surface area contributed by atoms with Crippen LogP contribution < -0.4 is 10.6 Å². The van der Waals surface area contributed by atoms with Gasteiger partial charge in [-0.15, -0.1) is 0 Å². The quantitative estimate of drug-likeness (QED) is 0.602. The molecule has 6 heteroatoms. The zero-order valence-electron chi connectivity index (χ0n) is 15.8. The summed E-state index contributed by atoms with van der Waals surface area (Å²) in [5.41, 5.74) is 1.30. The Labute approximate surface area is 156 Å². The summed E-state index contributed by atoms with van der Waals surface area (Å²) >= 11 is 0. The van der Waals surface area contributed by atoms with Crippen LogP contribution in [0, 0.1) is 5.82 Å². The van der Waals surface area contributed by atoms with Crippen LogP contribution in [0.2, 0.25) is 0 Å². The Morgan fingerprint density at radius 1 is 1.15 bits per heavy atom. The van der Waals surface area contributed by atoms with E-state index in [0.717, 1.165) is 57.1 Å². The van der Waals surface area contributed by atoms with E-state index in [-0.39, 0.29) is 11.4 Å². The molecule has 1 aromatic carbocycles. The molecule has 2 N–H and O–H groups in total. The van der Waals surface area contributed by atoms with Crippen LogP contribution >= 0.6 is 0 Å². The number of aliphatic imine (C=N–C) groups is 1. The van der Waals surface area contributed by atoms with Gasteiger partial charge >= 0.3 is 0 Å². The van der Waals surface area contributed by atoms with Gasteiger partial charge in [-0.05, 0) is 62.9 Å². The molecule has 0 atom stereocenters. The lowest BCUT2D eigenvalue weighted by molar-refractivity contribution is -0.0164. The summed E-state index contributed by atoms with van der Waals surface area (Å²) in [5, 5.41) is 6.91. The third-order valence-electron chi connectivity index (χ3n) is 5.63. The first-order valence-electron chi connectivity index (χ1n) is 9.74. The summed E-state index contributed by atoms with van der Waals surface area (Å²) in [6.07, 6.45) is 5.59. The monoisotopic (exact) mass is 362 g/mol. The van der Waals surface area contributed by atoms with Gasteiger partial charge in [0.25, 0.3) is 0 Å². The second-order valence-corrected chi connectivity index (χ2v) is 7.26. The highest BCUT2D eigenvalue weighted by Crippen LogP contribution is 2.30. The number of likely N-dealkylation sites (tertiary alicyclic amines) is 1. The topological polar surface area (TPSA) is 48.9 Å². The minimum Gasteiger partial charge on any atom is -0.381 e. The van der Waals surface area contributed by atoms with E-state index < -0.39 is 0 Å². The minimum atomic E-state index is -0.192. The highest BCUT2D eigenvalue weighted by atomic mass is 19.1. The molecule has 1 aromatic rings. The average molecular weight is 362 g/mol. The summed E-state index contributed by atoms with van der Waals surface area (Å²) < 4.78 is 18.6. The zero-order valence-corrected chi connectivity index (χ0v) is 15.8. The van der Waals surface area contributed by atoms with Gasteiger partial charge in [0.2, 0.25) is 0 Å². The van der Waals surface area contributed by atoms with Crippen molar-refractivity contribution in [3.8, 4) is 0 Å². The molecular weight excluding hydrogens is 331 g/mol. The largest absolute Gasteiger partial charge is 0.381 e. The zero-order chi connectivity index (χ0) is 18.2. The van der Waals surface area contributed by atoms with Crippen molar-refractivity contribution in [1.29, 1.82) is 0 Å². The van der Waals surface area contributed by atoms with Gasteiger partial charge in [0.1, 0.15) is 5.82 Å². The van der Waals surface area contributed by atoms with Crippen molar-refractivity contribution < 1.29 is 9.13 Å². The molecule has 0 bridgehead atoms. The van der Waals surface area contributed by atoms with Gasteiger partial charge in [0, 0.05) is 38.9 Å². The normalized spacial score (nSPS) is 20.9. The Balaban J connectivity index is 1.49. The van der Waals surface area contributed by atoms with E-state index in [1.165, 1.54) is 38.1 Å². The molecule has 2 aliphatic rings. The Kier molecular flexibility index (Phi) is 6.86. The summed E-state index contributed by atoms with van der Waals surface area (Å²) in [4.78, 5) is 7.01. The molecule has 26 heavy (non-hydrogen) atoms. The van der Waals surface area contributed by atoms with E-state index in [4.69, 9.17) is 4.74 Å². The van der Waals surface area contributed by atoms with E-state index >= 15 is 0 Å². The maximum absolute atomic E-state index is 13.0. The van der Waals surface area contributed by atoms with Crippen molar-refractivity contribution >= 4 is 5.96 Å². The molecule has 0 aliphatic carbocycles. The van der Waals surface area contributed by atoms with E-state index in [9.17, 15) is 4.39 Å². The van der Waals surface area contributed by atoms with Gasteiger partial charge in [-0.25, -0.2) is 4.39 Å². The Hall–Kier alpha value is -1.66. The van der Waals surface area contributed by atoms with Crippen LogP contribution in [0.1, 0.15) is 31.2 Å². The Morgan fingerprint density at radius 3 is 2.50 bits per heavy atom. The molecule has 144 valence electrons. The van der Waals surface area contributed by atoms with E-state index in [1.54, 1.807) is 7.05 Å². The SMILES string of the molecule is CN=C(NCCc1ccc(F)cc1)NCC1(N2CCCC2)CCOCC1. The maximum Gasteiger partial charge on any atom is 0.191 e. The van der Waals surface area contributed by atoms with E-state index in [0.29, 0.717) is 0 Å². The number of hydrogen-bond donors (Lipinski definition) is 2. The Morgan fingerprint density at radius 2 is 1.85 bits per heavy atom. The van der Waals surface area contributed by atoms with Crippen molar-refractivity contribution in [2.45, 2.75) is 37.6 Å². The minimum absolute atomic E-state index is 0.184. The number of benzene rings is 1. The van der Waals surface area contributed by atoms with Crippen LogP contribution in [0.4, 0.5) is 4.39 Å². The van der Waals surface area contributed by atoms with Gasteiger partial charge in [-0.1, -0.05) is 12.1 Å². The molecule has 0 unspecified atom stereocenters. The van der Waals surface area contributed by atoms with Crippen LogP contribution in [0.25, 0.3) is 0 Å². The summed E-state index contributed by atoms with van der Waals surface area (Å²) in [6.45, 7) is 5.73. The van der Waals surface area contributed by atoms with Crippen LogP contribution in [-0.4, -0.2) is 62.8 Å². The fourth-order valence-electron chi connectivity index (χ4n) is 3.99. The highest BCUT2D eigenvalue weighted by molar-refractivity contribution is 5.79. The lowest BCUT2D eigenvalue weighted by Gasteiger charge is -2.45. The molecule has 2 heterocycles.